The number of ether oxygens (including phenoxy) is 2. The van der Waals surface area contributed by atoms with Crippen LogP contribution < -0.4 is 16.3 Å². The molecule has 0 aliphatic carbocycles. The third-order valence-corrected chi connectivity index (χ3v) is 4.07. The summed E-state index contributed by atoms with van der Waals surface area (Å²) in [5.74, 6) is -1.57. The van der Waals surface area contributed by atoms with Gasteiger partial charge in [-0.3, -0.25) is 0 Å². The average molecular weight is 386 g/mol. The number of benzene rings is 1. The molecule has 1 aliphatic heterocycles. The van der Waals surface area contributed by atoms with Crippen molar-refractivity contribution in [2.75, 3.05) is 13.2 Å². The number of fused-ring (bicyclic) bond motifs is 1. The van der Waals surface area contributed by atoms with Crippen LogP contribution in [0.1, 0.15) is 24.2 Å². The first-order chi connectivity index (χ1) is 13.4. The van der Waals surface area contributed by atoms with E-state index in [-0.39, 0.29) is 23.4 Å². The van der Waals surface area contributed by atoms with Crippen LogP contribution in [0.4, 0.5) is 4.79 Å². The van der Waals surface area contributed by atoms with Crippen molar-refractivity contribution in [3.8, 4) is 0 Å². The van der Waals surface area contributed by atoms with Gasteiger partial charge >= 0.3 is 23.6 Å². The number of amides is 2. The molecular formula is C19H18N2O7. The van der Waals surface area contributed by atoms with Crippen molar-refractivity contribution in [3.63, 3.8) is 0 Å². The quantitative estimate of drug-likeness (QED) is 0.589. The Bertz CT molecular complexity index is 1040. The lowest BCUT2D eigenvalue weighted by molar-refractivity contribution is -0.139. The molecule has 2 aromatic rings. The maximum absolute atomic E-state index is 12.4. The molecule has 1 aliphatic rings. The summed E-state index contributed by atoms with van der Waals surface area (Å²) in [6.07, 6.45) is 0. The van der Waals surface area contributed by atoms with Crippen molar-refractivity contribution in [2.45, 2.75) is 19.9 Å². The lowest BCUT2D eigenvalue weighted by atomic mass is 10.0. The van der Waals surface area contributed by atoms with Gasteiger partial charge in [0.1, 0.15) is 17.8 Å². The van der Waals surface area contributed by atoms with Crippen LogP contribution in [0.15, 0.2) is 50.8 Å². The van der Waals surface area contributed by atoms with Crippen LogP contribution in [0.5, 0.6) is 0 Å². The molecule has 0 bridgehead atoms. The molecule has 1 aromatic carbocycles. The third-order valence-electron chi connectivity index (χ3n) is 4.07. The summed E-state index contributed by atoms with van der Waals surface area (Å²) in [5, 5.41) is 5.53. The van der Waals surface area contributed by atoms with Gasteiger partial charge < -0.3 is 24.5 Å². The Morgan fingerprint density at radius 3 is 2.64 bits per heavy atom. The second-order valence-corrected chi connectivity index (χ2v) is 5.99. The lowest BCUT2D eigenvalue weighted by Crippen LogP contribution is -2.50. The predicted molar refractivity (Wildman–Crippen MR) is 97.6 cm³/mol. The molecule has 1 atom stereocenters. The predicted octanol–water partition coefficient (Wildman–Crippen LogP) is 1.47. The van der Waals surface area contributed by atoms with Crippen molar-refractivity contribution in [1.82, 2.24) is 10.6 Å². The number of para-hydroxylation sites is 1. The zero-order valence-corrected chi connectivity index (χ0v) is 15.2. The Morgan fingerprint density at radius 1 is 1.14 bits per heavy atom. The van der Waals surface area contributed by atoms with E-state index in [1.165, 1.54) is 6.07 Å². The monoisotopic (exact) mass is 386 g/mol. The van der Waals surface area contributed by atoms with Crippen LogP contribution >= 0.6 is 0 Å². The van der Waals surface area contributed by atoms with Gasteiger partial charge in [-0.25, -0.2) is 19.2 Å². The zero-order chi connectivity index (χ0) is 20.3. The van der Waals surface area contributed by atoms with Crippen LogP contribution in [-0.2, 0) is 14.3 Å². The smallest absolute Gasteiger partial charge is 0.351 e. The van der Waals surface area contributed by atoms with Gasteiger partial charge in [0, 0.05) is 5.39 Å². The highest BCUT2D eigenvalue weighted by molar-refractivity contribution is 5.95. The van der Waals surface area contributed by atoms with Gasteiger partial charge in [-0.1, -0.05) is 18.2 Å². The summed E-state index contributed by atoms with van der Waals surface area (Å²) < 4.78 is 15.2. The molecule has 146 valence electrons. The molecule has 2 N–H and O–H groups in total. The topological polar surface area (TPSA) is 124 Å². The fourth-order valence-corrected chi connectivity index (χ4v) is 2.81. The van der Waals surface area contributed by atoms with Crippen molar-refractivity contribution in [3.05, 3.63) is 57.6 Å². The van der Waals surface area contributed by atoms with E-state index in [1.807, 2.05) is 0 Å². The molecule has 0 saturated heterocycles. The molecule has 9 nitrogen and oxygen atoms in total. The average Bonchev–Trinajstić information content (AvgIpc) is 2.65. The fraction of sp³-hybridized carbons (Fsp3) is 0.263. The number of hydrogen-bond acceptors (Lipinski definition) is 7. The lowest BCUT2D eigenvalue weighted by Gasteiger charge is -2.26. The van der Waals surface area contributed by atoms with E-state index in [0.717, 1.165) is 0 Å². The number of carbonyl (C=O) groups is 3. The van der Waals surface area contributed by atoms with Gasteiger partial charge in [0.25, 0.3) is 0 Å². The molecule has 0 saturated carbocycles. The van der Waals surface area contributed by atoms with Crippen LogP contribution in [0, 0.1) is 0 Å². The SMILES string of the molecule is CCOC(=O)C1=C(COC(=O)c2cc3ccccc3oc2=O)NC(=O)N[C@H]1C. The molecule has 9 heteroatoms. The van der Waals surface area contributed by atoms with E-state index >= 15 is 0 Å². The highest BCUT2D eigenvalue weighted by Gasteiger charge is 2.30. The Balaban J connectivity index is 1.85. The summed E-state index contributed by atoms with van der Waals surface area (Å²) in [6, 6.07) is 6.92. The maximum Gasteiger partial charge on any atom is 0.351 e. The number of rotatable bonds is 5. The minimum absolute atomic E-state index is 0.0910. The first-order valence-electron chi connectivity index (χ1n) is 8.58. The van der Waals surface area contributed by atoms with Crippen molar-refractivity contribution < 1.29 is 28.3 Å². The second kappa shape index (κ2) is 7.95. The van der Waals surface area contributed by atoms with E-state index in [1.54, 1.807) is 38.1 Å². The Labute approximate surface area is 159 Å². The van der Waals surface area contributed by atoms with E-state index in [4.69, 9.17) is 13.9 Å². The Hall–Kier alpha value is -3.62. The highest BCUT2D eigenvalue weighted by Crippen LogP contribution is 2.16. The molecule has 2 heterocycles. The summed E-state index contributed by atoms with van der Waals surface area (Å²) in [5.41, 5.74) is -0.555. The number of carbonyl (C=O) groups excluding carboxylic acids is 3. The van der Waals surface area contributed by atoms with Crippen LogP contribution in [-0.4, -0.2) is 37.2 Å². The minimum Gasteiger partial charge on any atom is -0.463 e. The Kier molecular flexibility index (Phi) is 5.44. The van der Waals surface area contributed by atoms with Crippen LogP contribution in [0.2, 0.25) is 0 Å². The summed E-state index contributed by atoms with van der Waals surface area (Å²) in [6.45, 7) is 2.98. The number of urea groups is 1. The molecule has 0 spiro atoms. The molecule has 2 amide bonds. The van der Waals surface area contributed by atoms with Crippen LogP contribution in [0.25, 0.3) is 11.0 Å². The fourth-order valence-electron chi connectivity index (χ4n) is 2.81. The van der Waals surface area contributed by atoms with Crippen molar-refractivity contribution >= 4 is 28.9 Å². The van der Waals surface area contributed by atoms with Crippen molar-refractivity contribution in [2.24, 2.45) is 0 Å². The molecule has 3 rings (SSSR count). The first kappa shape index (κ1) is 19.2. The number of hydrogen-bond donors (Lipinski definition) is 2. The largest absolute Gasteiger partial charge is 0.463 e. The second-order valence-electron chi connectivity index (χ2n) is 5.99. The van der Waals surface area contributed by atoms with Gasteiger partial charge in [0.05, 0.1) is 23.9 Å². The van der Waals surface area contributed by atoms with Crippen molar-refractivity contribution in [1.29, 1.82) is 0 Å². The molecule has 1 aromatic heterocycles. The number of esters is 2. The molecule has 0 fully saturated rings. The molecular weight excluding hydrogens is 368 g/mol. The third kappa shape index (κ3) is 3.88. The van der Waals surface area contributed by atoms with Crippen LogP contribution in [0.3, 0.4) is 0 Å². The highest BCUT2D eigenvalue weighted by atomic mass is 16.5. The Morgan fingerprint density at radius 2 is 1.89 bits per heavy atom. The van der Waals surface area contributed by atoms with Gasteiger partial charge in [0.15, 0.2) is 0 Å². The van der Waals surface area contributed by atoms with E-state index in [9.17, 15) is 19.2 Å². The molecule has 0 unspecified atom stereocenters. The van der Waals surface area contributed by atoms with E-state index < -0.39 is 36.2 Å². The number of nitrogens with one attached hydrogen (secondary N) is 2. The maximum atomic E-state index is 12.4. The summed E-state index contributed by atoms with van der Waals surface area (Å²) in [4.78, 5) is 48.3. The van der Waals surface area contributed by atoms with E-state index in [0.29, 0.717) is 11.0 Å². The van der Waals surface area contributed by atoms with Gasteiger partial charge in [-0.2, -0.15) is 0 Å². The first-order valence-corrected chi connectivity index (χ1v) is 8.58. The van der Waals surface area contributed by atoms with Gasteiger partial charge in [0.2, 0.25) is 0 Å². The normalized spacial score (nSPS) is 16.4. The molecule has 28 heavy (non-hydrogen) atoms. The summed E-state index contributed by atoms with van der Waals surface area (Å²) >= 11 is 0. The van der Waals surface area contributed by atoms with Gasteiger partial charge in [-0.05, 0) is 26.0 Å². The van der Waals surface area contributed by atoms with E-state index in [2.05, 4.69) is 10.6 Å². The summed E-state index contributed by atoms with van der Waals surface area (Å²) in [7, 11) is 0. The molecule has 0 radical (unpaired) electrons. The van der Waals surface area contributed by atoms with Gasteiger partial charge in [-0.15, -0.1) is 0 Å². The minimum atomic E-state index is -0.935. The zero-order valence-electron chi connectivity index (χ0n) is 15.2. The standard InChI is InChI=1S/C19H18N2O7/c1-3-26-18(24)15-10(2)20-19(25)21-13(15)9-27-16(22)12-8-11-6-4-5-7-14(11)28-17(12)23/h4-8,10H,3,9H2,1-2H3,(H2,20,21,25)/t10-/m0/s1.